The van der Waals surface area contributed by atoms with Crippen LogP contribution in [0.5, 0.6) is 0 Å². The lowest BCUT2D eigenvalue weighted by atomic mass is 10.2. The highest BCUT2D eigenvalue weighted by molar-refractivity contribution is 5.88. The minimum Gasteiger partial charge on any atom is -0.366 e. The van der Waals surface area contributed by atoms with Crippen LogP contribution in [0.4, 0.5) is 11.5 Å². The van der Waals surface area contributed by atoms with E-state index in [0.717, 1.165) is 17.1 Å². The van der Waals surface area contributed by atoms with Crippen molar-refractivity contribution in [1.82, 2.24) is 4.98 Å². The van der Waals surface area contributed by atoms with E-state index in [1.807, 2.05) is 42.5 Å². The fourth-order valence-electron chi connectivity index (χ4n) is 1.62. The fourth-order valence-corrected chi connectivity index (χ4v) is 1.62. The molecule has 1 aromatic carbocycles. The maximum absolute atomic E-state index is 11.0. The lowest BCUT2D eigenvalue weighted by Gasteiger charge is -2.07. The van der Waals surface area contributed by atoms with E-state index < -0.39 is 0 Å². The van der Waals surface area contributed by atoms with Crippen molar-refractivity contribution in [3.05, 3.63) is 54.2 Å². The van der Waals surface area contributed by atoms with Gasteiger partial charge < -0.3 is 10.6 Å². The maximum Gasteiger partial charge on any atom is 0.221 e. The zero-order valence-electron chi connectivity index (χ0n) is 10.2. The van der Waals surface area contributed by atoms with E-state index >= 15 is 0 Å². The Morgan fingerprint density at radius 3 is 2.83 bits per heavy atom. The maximum atomic E-state index is 11.0. The third-order valence-corrected chi connectivity index (χ3v) is 2.39. The van der Waals surface area contributed by atoms with Gasteiger partial charge in [0.15, 0.2) is 0 Å². The van der Waals surface area contributed by atoms with Crippen LogP contribution in [0.15, 0.2) is 48.7 Å². The lowest BCUT2D eigenvalue weighted by molar-refractivity contribution is -0.114. The molecule has 1 aromatic heterocycles. The number of amides is 1. The van der Waals surface area contributed by atoms with Crippen LogP contribution < -0.4 is 10.6 Å². The van der Waals surface area contributed by atoms with E-state index in [2.05, 4.69) is 15.6 Å². The number of hydrogen-bond acceptors (Lipinski definition) is 3. The Morgan fingerprint density at radius 2 is 2.11 bits per heavy atom. The van der Waals surface area contributed by atoms with E-state index in [9.17, 15) is 4.79 Å². The Bertz CT molecular complexity index is 526. The minimum atomic E-state index is -0.0650. The normalized spacial score (nSPS) is 9.83. The summed E-state index contributed by atoms with van der Waals surface area (Å²) < 4.78 is 0. The zero-order chi connectivity index (χ0) is 12.8. The van der Waals surface area contributed by atoms with Crippen LogP contribution in [0.25, 0.3) is 0 Å². The number of carbonyl (C=O) groups excluding carboxylic acids is 1. The van der Waals surface area contributed by atoms with E-state index in [0.29, 0.717) is 6.54 Å². The highest BCUT2D eigenvalue weighted by Crippen LogP contribution is 2.12. The largest absolute Gasteiger partial charge is 0.366 e. The van der Waals surface area contributed by atoms with Crippen LogP contribution in [0.2, 0.25) is 0 Å². The topological polar surface area (TPSA) is 54.0 Å². The third kappa shape index (κ3) is 3.59. The SMILES string of the molecule is CC(=O)Nc1cccc(CNc2ccccn2)c1. The molecule has 0 radical (unpaired) electrons. The molecular weight excluding hydrogens is 226 g/mol. The molecule has 2 rings (SSSR count). The quantitative estimate of drug-likeness (QED) is 0.865. The Morgan fingerprint density at radius 1 is 1.22 bits per heavy atom. The van der Waals surface area contributed by atoms with Crippen molar-refractivity contribution >= 4 is 17.4 Å². The van der Waals surface area contributed by atoms with Gasteiger partial charge in [0.2, 0.25) is 5.91 Å². The Hall–Kier alpha value is -2.36. The molecule has 92 valence electrons. The molecule has 4 heteroatoms. The van der Waals surface area contributed by atoms with E-state index in [-0.39, 0.29) is 5.91 Å². The number of rotatable bonds is 4. The van der Waals surface area contributed by atoms with Crippen LogP contribution in [0, 0.1) is 0 Å². The molecule has 0 aliphatic carbocycles. The molecule has 0 saturated carbocycles. The van der Waals surface area contributed by atoms with Gasteiger partial charge >= 0.3 is 0 Å². The highest BCUT2D eigenvalue weighted by Gasteiger charge is 1.98. The average molecular weight is 241 g/mol. The van der Waals surface area contributed by atoms with Gasteiger partial charge in [-0.15, -0.1) is 0 Å². The van der Waals surface area contributed by atoms with E-state index in [1.54, 1.807) is 6.20 Å². The lowest BCUT2D eigenvalue weighted by Crippen LogP contribution is -2.07. The predicted octanol–water partition coefficient (Wildman–Crippen LogP) is 2.65. The second-order valence-corrected chi connectivity index (χ2v) is 3.95. The number of nitrogens with zero attached hydrogens (tertiary/aromatic N) is 1. The number of carbonyl (C=O) groups is 1. The number of nitrogens with one attached hydrogen (secondary N) is 2. The molecule has 0 saturated heterocycles. The summed E-state index contributed by atoms with van der Waals surface area (Å²) in [6, 6.07) is 13.5. The molecule has 0 spiro atoms. The van der Waals surface area contributed by atoms with Gasteiger partial charge in [0.1, 0.15) is 5.82 Å². The number of hydrogen-bond donors (Lipinski definition) is 2. The minimum absolute atomic E-state index is 0.0650. The summed E-state index contributed by atoms with van der Waals surface area (Å²) in [6.07, 6.45) is 1.75. The summed E-state index contributed by atoms with van der Waals surface area (Å²) in [4.78, 5) is 15.2. The molecule has 0 unspecified atom stereocenters. The summed E-state index contributed by atoms with van der Waals surface area (Å²) in [5.41, 5.74) is 1.90. The molecule has 2 aromatic rings. The molecule has 0 bridgehead atoms. The van der Waals surface area contributed by atoms with Crippen molar-refractivity contribution in [2.24, 2.45) is 0 Å². The second kappa shape index (κ2) is 5.82. The van der Waals surface area contributed by atoms with Crippen molar-refractivity contribution < 1.29 is 4.79 Å². The van der Waals surface area contributed by atoms with Crippen molar-refractivity contribution in [2.45, 2.75) is 13.5 Å². The average Bonchev–Trinajstić information content (AvgIpc) is 2.37. The Kier molecular flexibility index (Phi) is 3.91. The first-order valence-electron chi connectivity index (χ1n) is 5.75. The Balaban J connectivity index is 1.99. The van der Waals surface area contributed by atoms with Gasteiger partial charge in [0.25, 0.3) is 0 Å². The summed E-state index contributed by atoms with van der Waals surface area (Å²) >= 11 is 0. The molecule has 0 aliphatic rings. The van der Waals surface area contributed by atoms with Gasteiger partial charge in [0, 0.05) is 25.4 Å². The number of anilines is 2. The first kappa shape index (κ1) is 12.1. The molecule has 0 atom stereocenters. The summed E-state index contributed by atoms with van der Waals surface area (Å²) in [7, 11) is 0. The molecule has 1 heterocycles. The van der Waals surface area contributed by atoms with Crippen molar-refractivity contribution in [2.75, 3.05) is 10.6 Å². The van der Waals surface area contributed by atoms with E-state index in [1.165, 1.54) is 6.92 Å². The van der Waals surface area contributed by atoms with Crippen molar-refractivity contribution in [3.8, 4) is 0 Å². The van der Waals surface area contributed by atoms with Crippen LogP contribution in [0.3, 0.4) is 0 Å². The van der Waals surface area contributed by atoms with Crippen LogP contribution >= 0.6 is 0 Å². The van der Waals surface area contributed by atoms with Gasteiger partial charge in [-0.1, -0.05) is 18.2 Å². The molecule has 18 heavy (non-hydrogen) atoms. The monoisotopic (exact) mass is 241 g/mol. The van der Waals surface area contributed by atoms with Gasteiger partial charge in [-0.05, 0) is 29.8 Å². The smallest absolute Gasteiger partial charge is 0.221 e. The van der Waals surface area contributed by atoms with Crippen LogP contribution in [-0.4, -0.2) is 10.9 Å². The molecule has 0 fully saturated rings. The summed E-state index contributed by atoms with van der Waals surface area (Å²) in [6.45, 7) is 2.17. The van der Waals surface area contributed by atoms with Crippen LogP contribution in [0.1, 0.15) is 12.5 Å². The van der Waals surface area contributed by atoms with Crippen molar-refractivity contribution in [3.63, 3.8) is 0 Å². The number of benzene rings is 1. The van der Waals surface area contributed by atoms with Gasteiger partial charge in [-0.3, -0.25) is 4.79 Å². The fraction of sp³-hybridized carbons (Fsp3) is 0.143. The molecule has 2 N–H and O–H groups in total. The van der Waals surface area contributed by atoms with Gasteiger partial charge in [0.05, 0.1) is 0 Å². The van der Waals surface area contributed by atoms with Gasteiger partial charge in [-0.25, -0.2) is 4.98 Å². The summed E-state index contributed by atoms with van der Waals surface area (Å²) in [5, 5.41) is 5.98. The first-order chi connectivity index (χ1) is 8.74. The van der Waals surface area contributed by atoms with Gasteiger partial charge in [-0.2, -0.15) is 0 Å². The molecule has 4 nitrogen and oxygen atoms in total. The summed E-state index contributed by atoms with van der Waals surface area (Å²) in [5.74, 6) is 0.771. The number of aromatic nitrogens is 1. The van der Waals surface area contributed by atoms with Crippen LogP contribution in [-0.2, 0) is 11.3 Å². The standard InChI is InChI=1S/C14H15N3O/c1-11(18)17-13-6-4-5-12(9-13)10-16-14-7-2-3-8-15-14/h2-9H,10H2,1H3,(H,15,16)(H,17,18). The third-order valence-electron chi connectivity index (χ3n) is 2.39. The second-order valence-electron chi connectivity index (χ2n) is 3.95. The zero-order valence-corrected chi connectivity index (χ0v) is 10.2. The Labute approximate surface area is 106 Å². The van der Waals surface area contributed by atoms with E-state index in [4.69, 9.17) is 0 Å². The molecule has 0 aliphatic heterocycles. The highest BCUT2D eigenvalue weighted by atomic mass is 16.1. The predicted molar refractivity (Wildman–Crippen MR) is 72.3 cm³/mol. The number of pyridine rings is 1. The van der Waals surface area contributed by atoms with Crippen molar-refractivity contribution in [1.29, 1.82) is 0 Å². The molecular formula is C14H15N3O. The molecule has 1 amide bonds. The first-order valence-corrected chi connectivity index (χ1v) is 5.75.